The van der Waals surface area contributed by atoms with Crippen LogP contribution in [0.2, 0.25) is 0 Å². The number of allylic oxidation sites excluding steroid dienone is 1. The number of hydrogen-bond donors (Lipinski definition) is 0. The molecule has 2 nitrogen and oxygen atoms in total. The summed E-state index contributed by atoms with van der Waals surface area (Å²) in [5, 5.41) is 0. The van der Waals surface area contributed by atoms with Crippen LogP contribution in [0.3, 0.4) is 0 Å². The molecule has 0 aromatic rings. The summed E-state index contributed by atoms with van der Waals surface area (Å²) in [6.45, 7) is 5.63. The van der Waals surface area contributed by atoms with Crippen LogP contribution in [0.5, 0.6) is 0 Å². The van der Waals surface area contributed by atoms with E-state index in [0.717, 1.165) is 12.5 Å². The van der Waals surface area contributed by atoms with Gasteiger partial charge in [0.15, 0.2) is 0 Å². The Labute approximate surface area is 61.2 Å². The molecule has 0 aliphatic carbocycles. The quantitative estimate of drug-likeness (QED) is 0.257. The SMILES string of the molecule is C=CC(=O)OCCC=CC. The van der Waals surface area contributed by atoms with Crippen LogP contribution >= 0.6 is 0 Å². The van der Waals surface area contributed by atoms with Gasteiger partial charge in [0.1, 0.15) is 0 Å². The first-order valence-corrected chi connectivity index (χ1v) is 3.21. The lowest BCUT2D eigenvalue weighted by atomic mass is 10.4. The number of carbonyl (C=O) groups is 1. The Morgan fingerprint density at radius 3 is 2.90 bits per heavy atom. The van der Waals surface area contributed by atoms with E-state index in [1.54, 1.807) is 0 Å². The number of carbonyl (C=O) groups excluding carboxylic acids is 1. The zero-order valence-corrected chi connectivity index (χ0v) is 6.17. The topological polar surface area (TPSA) is 26.3 Å². The van der Waals surface area contributed by atoms with E-state index in [1.807, 2.05) is 19.1 Å². The molecule has 0 aromatic carbocycles. The predicted molar refractivity (Wildman–Crippen MR) is 40.6 cm³/mol. The van der Waals surface area contributed by atoms with E-state index in [2.05, 4.69) is 11.3 Å². The molecule has 0 unspecified atom stereocenters. The fourth-order valence-corrected chi connectivity index (χ4v) is 0.453. The van der Waals surface area contributed by atoms with Crippen molar-refractivity contribution in [1.82, 2.24) is 0 Å². The monoisotopic (exact) mass is 140 g/mol. The molecule has 0 spiro atoms. The van der Waals surface area contributed by atoms with Crippen LogP contribution < -0.4 is 0 Å². The first kappa shape index (κ1) is 8.95. The molecule has 0 saturated carbocycles. The van der Waals surface area contributed by atoms with Crippen molar-refractivity contribution in [2.75, 3.05) is 6.61 Å². The maximum Gasteiger partial charge on any atom is 0.330 e. The van der Waals surface area contributed by atoms with Gasteiger partial charge in [0.25, 0.3) is 0 Å². The van der Waals surface area contributed by atoms with Gasteiger partial charge in [-0.15, -0.1) is 0 Å². The van der Waals surface area contributed by atoms with Gasteiger partial charge in [-0.25, -0.2) is 4.79 Å². The molecule has 0 atom stereocenters. The van der Waals surface area contributed by atoms with Gasteiger partial charge in [-0.05, 0) is 13.3 Å². The zero-order valence-electron chi connectivity index (χ0n) is 6.17. The Bertz CT molecular complexity index is 136. The van der Waals surface area contributed by atoms with Gasteiger partial charge in [-0.1, -0.05) is 18.7 Å². The third kappa shape index (κ3) is 5.09. The first-order valence-electron chi connectivity index (χ1n) is 3.21. The smallest absolute Gasteiger partial charge is 0.330 e. The summed E-state index contributed by atoms with van der Waals surface area (Å²) in [7, 11) is 0. The lowest BCUT2D eigenvalue weighted by molar-refractivity contribution is -0.137. The highest BCUT2D eigenvalue weighted by atomic mass is 16.5. The van der Waals surface area contributed by atoms with Crippen LogP contribution in [0.4, 0.5) is 0 Å². The molecule has 0 N–H and O–H groups in total. The third-order valence-corrected chi connectivity index (χ3v) is 0.931. The summed E-state index contributed by atoms with van der Waals surface area (Å²) in [6, 6.07) is 0. The van der Waals surface area contributed by atoms with Crippen LogP contribution in [0, 0.1) is 0 Å². The molecule has 0 aliphatic heterocycles. The van der Waals surface area contributed by atoms with Gasteiger partial charge in [-0.2, -0.15) is 0 Å². The van der Waals surface area contributed by atoms with Gasteiger partial charge in [0, 0.05) is 6.08 Å². The standard InChI is InChI=1S/C8H12O2/c1-3-5-6-7-10-8(9)4-2/h3-5H,2,6-7H2,1H3. The Morgan fingerprint density at radius 2 is 2.40 bits per heavy atom. The van der Waals surface area contributed by atoms with E-state index in [9.17, 15) is 4.79 Å². The Morgan fingerprint density at radius 1 is 1.70 bits per heavy atom. The molecule has 0 fully saturated rings. The van der Waals surface area contributed by atoms with Crippen molar-refractivity contribution in [3.8, 4) is 0 Å². The highest BCUT2D eigenvalue weighted by Gasteiger charge is 1.90. The molecule has 0 amide bonds. The lowest BCUT2D eigenvalue weighted by Crippen LogP contribution is -2.00. The summed E-state index contributed by atoms with van der Waals surface area (Å²) >= 11 is 0. The average Bonchev–Trinajstić information content (AvgIpc) is 1.98. The van der Waals surface area contributed by atoms with E-state index in [0.29, 0.717) is 6.61 Å². The molecule has 10 heavy (non-hydrogen) atoms. The van der Waals surface area contributed by atoms with E-state index in [4.69, 9.17) is 0 Å². The van der Waals surface area contributed by atoms with Crippen LogP contribution in [0.15, 0.2) is 24.8 Å². The molecule has 0 heterocycles. The number of ether oxygens (including phenoxy) is 1. The maximum atomic E-state index is 10.4. The van der Waals surface area contributed by atoms with Crippen molar-refractivity contribution in [2.45, 2.75) is 13.3 Å². The molecule has 0 radical (unpaired) electrons. The minimum atomic E-state index is -0.357. The highest BCUT2D eigenvalue weighted by Crippen LogP contribution is 1.86. The molecule has 0 saturated heterocycles. The van der Waals surface area contributed by atoms with Crippen molar-refractivity contribution in [3.63, 3.8) is 0 Å². The van der Waals surface area contributed by atoms with Crippen molar-refractivity contribution in [3.05, 3.63) is 24.8 Å². The van der Waals surface area contributed by atoms with Gasteiger partial charge < -0.3 is 4.74 Å². The fourth-order valence-electron chi connectivity index (χ4n) is 0.453. The summed E-state index contributed by atoms with van der Waals surface area (Å²) in [4.78, 5) is 10.4. The number of esters is 1. The van der Waals surface area contributed by atoms with Crippen LogP contribution in [-0.2, 0) is 9.53 Å². The predicted octanol–water partition coefficient (Wildman–Crippen LogP) is 1.68. The number of hydrogen-bond acceptors (Lipinski definition) is 2. The second kappa shape index (κ2) is 6.08. The van der Waals surface area contributed by atoms with Crippen LogP contribution in [0.25, 0.3) is 0 Å². The zero-order chi connectivity index (χ0) is 7.82. The van der Waals surface area contributed by atoms with Crippen molar-refractivity contribution in [1.29, 1.82) is 0 Å². The molecule has 0 rings (SSSR count). The maximum absolute atomic E-state index is 10.4. The van der Waals surface area contributed by atoms with Gasteiger partial charge in [0.05, 0.1) is 6.61 Å². The van der Waals surface area contributed by atoms with Crippen LogP contribution in [-0.4, -0.2) is 12.6 Å². The minimum absolute atomic E-state index is 0.357. The van der Waals surface area contributed by atoms with Gasteiger partial charge in [0.2, 0.25) is 0 Å². The molecular formula is C8H12O2. The normalized spacial score (nSPS) is 9.70. The van der Waals surface area contributed by atoms with Crippen molar-refractivity contribution in [2.24, 2.45) is 0 Å². The van der Waals surface area contributed by atoms with Gasteiger partial charge >= 0.3 is 5.97 Å². The fraction of sp³-hybridized carbons (Fsp3) is 0.375. The Balaban J connectivity index is 3.19. The van der Waals surface area contributed by atoms with E-state index in [-0.39, 0.29) is 5.97 Å². The molecule has 0 bridgehead atoms. The molecule has 2 heteroatoms. The Kier molecular flexibility index (Phi) is 5.44. The van der Waals surface area contributed by atoms with Crippen LogP contribution in [0.1, 0.15) is 13.3 Å². The van der Waals surface area contributed by atoms with E-state index in [1.165, 1.54) is 0 Å². The second-order valence-electron chi connectivity index (χ2n) is 1.73. The van der Waals surface area contributed by atoms with E-state index >= 15 is 0 Å². The van der Waals surface area contributed by atoms with Gasteiger partial charge in [-0.3, -0.25) is 0 Å². The first-order chi connectivity index (χ1) is 4.81. The molecular weight excluding hydrogens is 128 g/mol. The largest absolute Gasteiger partial charge is 0.462 e. The second-order valence-corrected chi connectivity index (χ2v) is 1.73. The Hall–Kier alpha value is -1.05. The lowest BCUT2D eigenvalue weighted by Gasteiger charge is -1.96. The molecule has 0 aromatic heterocycles. The highest BCUT2D eigenvalue weighted by molar-refractivity contribution is 5.81. The average molecular weight is 140 g/mol. The third-order valence-electron chi connectivity index (χ3n) is 0.931. The number of rotatable bonds is 4. The summed E-state index contributed by atoms with van der Waals surface area (Å²) < 4.78 is 4.69. The molecule has 0 aliphatic rings. The minimum Gasteiger partial charge on any atom is -0.462 e. The van der Waals surface area contributed by atoms with E-state index < -0.39 is 0 Å². The molecule has 56 valence electrons. The summed E-state index contributed by atoms with van der Waals surface area (Å²) in [5.74, 6) is -0.357. The van der Waals surface area contributed by atoms with Crippen molar-refractivity contribution < 1.29 is 9.53 Å². The summed E-state index contributed by atoms with van der Waals surface area (Å²) in [6.07, 6.45) is 5.80. The summed E-state index contributed by atoms with van der Waals surface area (Å²) in [5.41, 5.74) is 0. The van der Waals surface area contributed by atoms with Crippen molar-refractivity contribution >= 4 is 5.97 Å².